The summed E-state index contributed by atoms with van der Waals surface area (Å²) in [5.74, 6) is -0.190. The number of carbonyl (C=O) groups is 1. The molecule has 2 rings (SSSR count). The van der Waals surface area contributed by atoms with E-state index in [4.69, 9.17) is 10.5 Å². The summed E-state index contributed by atoms with van der Waals surface area (Å²) in [6.45, 7) is 2.39. The third kappa shape index (κ3) is 4.89. The number of rotatable bonds is 6. The first kappa shape index (κ1) is 15.0. The maximum atomic E-state index is 11.8. The van der Waals surface area contributed by atoms with E-state index in [1.54, 1.807) is 18.3 Å². The normalized spacial score (nSPS) is 10.3. The molecular formula is C16H19N3O2. The first-order valence-electron chi connectivity index (χ1n) is 6.79. The molecule has 0 unspecified atom stereocenters. The van der Waals surface area contributed by atoms with Gasteiger partial charge in [0.1, 0.15) is 6.61 Å². The molecule has 0 fully saturated rings. The van der Waals surface area contributed by atoms with Crippen LogP contribution in [0.1, 0.15) is 11.3 Å². The average molecular weight is 285 g/mol. The summed E-state index contributed by atoms with van der Waals surface area (Å²) < 4.78 is 5.36. The molecule has 0 aliphatic carbocycles. The maximum Gasteiger partial charge on any atom is 0.250 e. The summed E-state index contributed by atoms with van der Waals surface area (Å²) >= 11 is 0. The van der Waals surface area contributed by atoms with Crippen LogP contribution in [0.5, 0.6) is 0 Å². The summed E-state index contributed by atoms with van der Waals surface area (Å²) in [6, 6.07) is 11.1. The molecule has 5 heteroatoms. The average Bonchev–Trinajstić information content (AvgIpc) is 2.48. The van der Waals surface area contributed by atoms with Gasteiger partial charge in [0, 0.05) is 29.7 Å². The molecule has 1 aromatic heterocycles. The zero-order valence-corrected chi connectivity index (χ0v) is 12.0. The molecule has 1 heterocycles. The summed E-state index contributed by atoms with van der Waals surface area (Å²) in [5.41, 5.74) is 8.95. The minimum absolute atomic E-state index is 0.0150. The van der Waals surface area contributed by atoms with Crippen molar-refractivity contribution >= 4 is 17.3 Å². The Balaban J connectivity index is 1.74. The second-order valence-corrected chi connectivity index (χ2v) is 4.75. The molecule has 0 aliphatic rings. The standard InChI is InChI=1S/C16H19N3O2/c1-12-5-6-13(17)10-15(12)19-16(20)11-21-9-7-14-4-2-3-8-18-14/h2-6,8,10H,7,9,11,17H2,1H3,(H,19,20). The highest BCUT2D eigenvalue weighted by atomic mass is 16.5. The minimum Gasteiger partial charge on any atom is -0.399 e. The molecule has 0 radical (unpaired) electrons. The number of nitrogens with one attached hydrogen (secondary N) is 1. The van der Waals surface area contributed by atoms with Crippen LogP contribution in [0.3, 0.4) is 0 Å². The number of aryl methyl sites for hydroxylation is 1. The highest BCUT2D eigenvalue weighted by Gasteiger charge is 2.05. The lowest BCUT2D eigenvalue weighted by Crippen LogP contribution is -2.19. The third-order valence-corrected chi connectivity index (χ3v) is 3.00. The highest BCUT2D eigenvalue weighted by Crippen LogP contribution is 2.17. The Morgan fingerprint density at radius 1 is 1.33 bits per heavy atom. The van der Waals surface area contributed by atoms with Gasteiger partial charge in [-0.1, -0.05) is 12.1 Å². The summed E-state index contributed by atoms with van der Waals surface area (Å²) in [4.78, 5) is 16.0. The lowest BCUT2D eigenvalue weighted by Gasteiger charge is -2.09. The fourth-order valence-electron chi connectivity index (χ4n) is 1.85. The lowest BCUT2D eigenvalue weighted by atomic mass is 10.2. The Morgan fingerprint density at radius 3 is 2.95 bits per heavy atom. The third-order valence-electron chi connectivity index (χ3n) is 3.00. The van der Waals surface area contributed by atoms with Crippen molar-refractivity contribution in [1.82, 2.24) is 4.98 Å². The Kier molecular flexibility index (Phi) is 5.29. The second kappa shape index (κ2) is 7.40. The van der Waals surface area contributed by atoms with Crippen molar-refractivity contribution in [3.05, 3.63) is 53.9 Å². The molecule has 0 saturated heterocycles. The number of carbonyl (C=O) groups excluding carboxylic acids is 1. The van der Waals surface area contributed by atoms with E-state index in [9.17, 15) is 4.79 Å². The lowest BCUT2D eigenvalue weighted by molar-refractivity contribution is -0.120. The molecule has 21 heavy (non-hydrogen) atoms. The molecule has 1 amide bonds. The van der Waals surface area contributed by atoms with Crippen LogP contribution in [0, 0.1) is 6.92 Å². The van der Waals surface area contributed by atoms with Crippen molar-refractivity contribution in [2.45, 2.75) is 13.3 Å². The van der Waals surface area contributed by atoms with E-state index >= 15 is 0 Å². The molecule has 0 saturated carbocycles. The quantitative estimate of drug-likeness (QED) is 0.630. The van der Waals surface area contributed by atoms with Crippen LogP contribution in [0.15, 0.2) is 42.6 Å². The monoisotopic (exact) mass is 285 g/mol. The Bertz CT molecular complexity index is 600. The van der Waals surface area contributed by atoms with E-state index < -0.39 is 0 Å². The van der Waals surface area contributed by atoms with E-state index in [1.165, 1.54) is 0 Å². The number of ether oxygens (including phenoxy) is 1. The van der Waals surface area contributed by atoms with Gasteiger partial charge in [-0.25, -0.2) is 0 Å². The Labute approximate surface area is 124 Å². The first-order chi connectivity index (χ1) is 10.1. The number of aromatic nitrogens is 1. The molecule has 0 bridgehead atoms. The Hall–Kier alpha value is -2.40. The molecule has 0 aliphatic heterocycles. The van der Waals surface area contributed by atoms with Gasteiger partial charge in [-0.15, -0.1) is 0 Å². The number of hydrogen-bond acceptors (Lipinski definition) is 4. The number of anilines is 2. The smallest absolute Gasteiger partial charge is 0.250 e. The van der Waals surface area contributed by atoms with Gasteiger partial charge >= 0.3 is 0 Å². The predicted octanol–water partition coefficient (Wildman–Crippen LogP) is 2.17. The predicted molar refractivity (Wildman–Crippen MR) is 83.0 cm³/mol. The van der Waals surface area contributed by atoms with Gasteiger partial charge in [-0.3, -0.25) is 9.78 Å². The van der Waals surface area contributed by atoms with Crippen molar-refractivity contribution in [3.63, 3.8) is 0 Å². The van der Waals surface area contributed by atoms with Gasteiger partial charge < -0.3 is 15.8 Å². The van der Waals surface area contributed by atoms with Crippen molar-refractivity contribution < 1.29 is 9.53 Å². The van der Waals surface area contributed by atoms with E-state index in [-0.39, 0.29) is 12.5 Å². The van der Waals surface area contributed by atoms with Crippen LogP contribution in [-0.4, -0.2) is 24.1 Å². The van der Waals surface area contributed by atoms with Gasteiger partial charge in [0.2, 0.25) is 5.91 Å². The van der Waals surface area contributed by atoms with Gasteiger partial charge in [0.15, 0.2) is 0 Å². The largest absolute Gasteiger partial charge is 0.399 e. The van der Waals surface area contributed by atoms with Crippen LogP contribution in [0.4, 0.5) is 11.4 Å². The molecule has 0 atom stereocenters. The summed E-state index contributed by atoms with van der Waals surface area (Å²) in [6.07, 6.45) is 2.43. The fraction of sp³-hybridized carbons (Fsp3) is 0.250. The van der Waals surface area contributed by atoms with E-state index in [0.717, 1.165) is 11.3 Å². The van der Waals surface area contributed by atoms with Crippen molar-refractivity contribution in [1.29, 1.82) is 0 Å². The van der Waals surface area contributed by atoms with Crippen LogP contribution >= 0.6 is 0 Å². The zero-order chi connectivity index (χ0) is 15.1. The summed E-state index contributed by atoms with van der Waals surface area (Å²) in [7, 11) is 0. The molecule has 5 nitrogen and oxygen atoms in total. The SMILES string of the molecule is Cc1ccc(N)cc1NC(=O)COCCc1ccccn1. The van der Waals surface area contributed by atoms with Crippen LogP contribution < -0.4 is 11.1 Å². The molecule has 1 aromatic carbocycles. The zero-order valence-electron chi connectivity index (χ0n) is 12.0. The maximum absolute atomic E-state index is 11.8. The molecule has 3 N–H and O–H groups in total. The second-order valence-electron chi connectivity index (χ2n) is 4.75. The van der Waals surface area contributed by atoms with Gasteiger partial charge in [0.25, 0.3) is 0 Å². The number of pyridine rings is 1. The molecular weight excluding hydrogens is 266 g/mol. The number of benzene rings is 1. The van der Waals surface area contributed by atoms with E-state index in [0.29, 0.717) is 24.4 Å². The van der Waals surface area contributed by atoms with Crippen LogP contribution in [0.25, 0.3) is 0 Å². The van der Waals surface area contributed by atoms with Crippen LogP contribution in [0.2, 0.25) is 0 Å². The van der Waals surface area contributed by atoms with E-state index in [2.05, 4.69) is 10.3 Å². The molecule has 0 spiro atoms. The molecule has 2 aromatic rings. The summed E-state index contributed by atoms with van der Waals surface area (Å²) in [5, 5.41) is 2.79. The Morgan fingerprint density at radius 2 is 2.19 bits per heavy atom. The molecule has 110 valence electrons. The number of amides is 1. The number of nitrogens with zero attached hydrogens (tertiary/aromatic N) is 1. The fourth-order valence-corrected chi connectivity index (χ4v) is 1.85. The van der Waals surface area contributed by atoms with Crippen LogP contribution in [-0.2, 0) is 16.0 Å². The van der Waals surface area contributed by atoms with Crippen molar-refractivity contribution in [2.24, 2.45) is 0 Å². The number of nitrogens with two attached hydrogens (primary N) is 1. The van der Waals surface area contributed by atoms with E-state index in [1.807, 2.05) is 31.2 Å². The first-order valence-corrected chi connectivity index (χ1v) is 6.79. The van der Waals surface area contributed by atoms with Crippen molar-refractivity contribution in [3.8, 4) is 0 Å². The number of hydrogen-bond donors (Lipinski definition) is 2. The van der Waals surface area contributed by atoms with Gasteiger partial charge in [-0.2, -0.15) is 0 Å². The number of nitrogen functional groups attached to an aromatic ring is 1. The topological polar surface area (TPSA) is 77.2 Å². The minimum atomic E-state index is -0.190. The van der Waals surface area contributed by atoms with Gasteiger partial charge in [0.05, 0.1) is 6.61 Å². The van der Waals surface area contributed by atoms with Crippen molar-refractivity contribution in [2.75, 3.05) is 24.3 Å². The highest BCUT2D eigenvalue weighted by molar-refractivity contribution is 5.92. The van der Waals surface area contributed by atoms with Gasteiger partial charge in [-0.05, 0) is 36.8 Å².